The highest BCUT2D eigenvalue weighted by atomic mass is 16.6. The molecule has 176 valence electrons. The van der Waals surface area contributed by atoms with Gasteiger partial charge in [0.25, 0.3) is 5.95 Å². The largest absolute Gasteiger partial charge is 0.394 e. The minimum atomic E-state index is -1.30. The van der Waals surface area contributed by atoms with Gasteiger partial charge in [-0.15, -0.1) is 0 Å². The smallest absolute Gasteiger partial charge is 0.254 e. The number of carbonyl (C=O) groups excluding carboxylic acids is 1. The molecule has 5 heterocycles. The van der Waals surface area contributed by atoms with Gasteiger partial charge in [0, 0.05) is 12.8 Å². The number of ether oxygens (including phenoxy) is 2. The second-order valence-corrected chi connectivity index (χ2v) is 8.07. The molecule has 14 nitrogen and oxygen atoms in total. The summed E-state index contributed by atoms with van der Waals surface area (Å²) in [6.07, 6.45) is 0.811. The van der Waals surface area contributed by atoms with Crippen LogP contribution in [-0.2, 0) is 20.7 Å². The maximum Gasteiger partial charge on any atom is 0.254 e. The second kappa shape index (κ2) is 8.64. The summed E-state index contributed by atoms with van der Waals surface area (Å²) in [7, 11) is 0. The first kappa shape index (κ1) is 21.7. The fraction of sp³-hybridized carbons (Fsp3) is 0.526. The Bertz CT molecular complexity index is 1160. The van der Waals surface area contributed by atoms with Crippen molar-refractivity contribution in [3.8, 4) is 5.95 Å². The number of hydrogen-bond acceptors (Lipinski definition) is 11. The van der Waals surface area contributed by atoms with Gasteiger partial charge in [0.15, 0.2) is 23.2 Å². The molecule has 33 heavy (non-hydrogen) atoms. The zero-order chi connectivity index (χ0) is 23.1. The Labute approximate surface area is 187 Å². The number of nitrogens with one attached hydrogen (secondary N) is 1. The minimum absolute atomic E-state index is 0.0211. The molecule has 5 atom stereocenters. The van der Waals surface area contributed by atoms with Crippen LogP contribution in [0.3, 0.4) is 0 Å². The van der Waals surface area contributed by atoms with Crippen molar-refractivity contribution in [2.45, 2.75) is 43.4 Å². The van der Waals surface area contributed by atoms with Crippen molar-refractivity contribution in [3.05, 3.63) is 24.3 Å². The third-order valence-corrected chi connectivity index (χ3v) is 5.69. The summed E-state index contributed by atoms with van der Waals surface area (Å²) in [5.74, 6) is 0.132. The number of fused-ring (bicyclic) bond motifs is 1. The third kappa shape index (κ3) is 4.02. The van der Waals surface area contributed by atoms with E-state index in [1.165, 1.54) is 21.8 Å². The highest BCUT2D eigenvalue weighted by Crippen LogP contribution is 2.33. The van der Waals surface area contributed by atoms with Gasteiger partial charge in [-0.25, -0.2) is 9.67 Å². The Morgan fingerprint density at radius 1 is 1.30 bits per heavy atom. The van der Waals surface area contributed by atoms with E-state index in [0.29, 0.717) is 35.8 Å². The van der Waals surface area contributed by atoms with E-state index in [-0.39, 0.29) is 18.4 Å². The summed E-state index contributed by atoms with van der Waals surface area (Å²) in [5, 5.41) is 37.6. The molecule has 1 amide bonds. The Balaban J connectivity index is 1.58. The summed E-state index contributed by atoms with van der Waals surface area (Å²) in [6.45, 7) is 0.693. The van der Waals surface area contributed by atoms with E-state index in [1.54, 1.807) is 6.20 Å². The number of rotatable bonds is 7. The maximum atomic E-state index is 11.2. The average Bonchev–Trinajstić information content (AvgIpc) is 3.57. The molecule has 0 spiro atoms. The number of nitrogens with zero attached hydrogens (tertiary/aromatic N) is 6. The molecule has 2 fully saturated rings. The summed E-state index contributed by atoms with van der Waals surface area (Å²) < 4.78 is 14.0. The van der Waals surface area contributed by atoms with Crippen molar-refractivity contribution in [2.75, 3.05) is 25.1 Å². The number of aliphatic hydroxyl groups excluding tert-OH is 3. The summed E-state index contributed by atoms with van der Waals surface area (Å²) in [6, 6.07) is 0.0260. The molecule has 2 saturated heterocycles. The number of aromatic nitrogens is 6. The van der Waals surface area contributed by atoms with Crippen molar-refractivity contribution in [1.29, 1.82) is 0 Å². The fourth-order valence-electron chi connectivity index (χ4n) is 4.01. The Morgan fingerprint density at radius 3 is 2.85 bits per heavy atom. The molecule has 3 aromatic heterocycles. The molecule has 0 radical (unpaired) electrons. The molecule has 0 aromatic carbocycles. The first-order valence-electron chi connectivity index (χ1n) is 10.5. The van der Waals surface area contributed by atoms with Gasteiger partial charge >= 0.3 is 0 Å². The van der Waals surface area contributed by atoms with E-state index in [4.69, 9.17) is 15.2 Å². The number of hydrogen-bond donors (Lipinski definition) is 5. The highest BCUT2D eigenvalue weighted by Gasteiger charge is 2.44. The minimum Gasteiger partial charge on any atom is -0.394 e. The van der Waals surface area contributed by atoms with Gasteiger partial charge in [0.05, 0.1) is 38.2 Å². The van der Waals surface area contributed by atoms with Crippen LogP contribution in [-0.4, -0.2) is 94.7 Å². The molecule has 2 aliphatic rings. The number of imidazole rings is 1. The third-order valence-electron chi connectivity index (χ3n) is 5.69. The van der Waals surface area contributed by atoms with E-state index in [9.17, 15) is 20.1 Å². The topological polar surface area (TPSA) is 196 Å². The van der Waals surface area contributed by atoms with E-state index in [2.05, 4.69) is 25.4 Å². The monoisotopic (exact) mass is 460 g/mol. The number of aliphatic hydroxyl groups is 3. The number of nitrogens with two attached hydrogens (primary N) is 1. The molecule has 14 heteroatoms. The Kier molecular flexibility index (Phi) is 5.67. The number of primary amides is 1. The first-order chi connectivity index (χ1) is 15.9. The van der Waals surface area contributed by atoms with Crippen LogP contribution in [0, 0.1) is 0 Å². The molecule has 0 aliphatic carbocycles. The molecule has 0 saturated carbocycles. The first-order valence-corrected chi connectivity index (χ1v) is 10.5. The van der Waals surface area contributed by atoms with Gasteiger partial charge in [0.1, 0.15) is 18.3 Å². The van der Waals surface area contributed by atoms with Gasteiger partial charge in [0.2, 0.25) is 5.91 Å². The van der Waals surface area contributed by atoms with Crippen LogP contribution in [0.15, 0.2) is 18.7 Å². The lowest BCUT2D eigenvalue weighted by Gasteiger charge is -2.17. The van der Waals surface area contributed by atoms with E-state index in [0.717, 1.165) is 6.42 Å². The van der Waals surface area contributed by atoms with E-state index >= 15 is 0 Å². The Morgan fingerprint density at radius 2 is 2.15 bits per heavy atom. The van der Waals surface area contributed by atoms with Crippen LogP contribution in [0.25, 0.3) is 17.1 Å². The van der Waals surface area contributed by atoms with Crippen LogP contribution in [0.2, 0.25) is 0 Å². The molecule has 0 unspecified atom stereocenters. The second-order valence-electron chi connectivity index (χ2n) is 8.07. The molecular weight excluding hydrogens is 436 g/mol. The van der Waals surface area contributed by atoms with Gasteiger partial charge in [-0.2, -0.15) is 15.1 Å². The predicted molar refractivity (Wildman–Crippen MR) is 111 cm³/mol. The van der Waals surface area contributed by atoms with E-state index < -0.39 is 37.1 Å². The zero-order valence-electron chi connectivity index (χ0n) is 17.5. The zero-order valence-corrected chi connectivity index (χ0v) is 17.5. The van der Waals surface area contributed by atoms with Gasteiger partial charge in [-0.05, 0) is 12.0 Å². The molecule has 6 N–H and O–H groups in total. The van der Waals surface area contributed by atoms with Crippen LogP contribution >= 0.6 is 0 Å². The Hall–Kier alpha value is -3.17. The van der Waals surface area contributed by atoms with Crippen LogP contribution in [0.1, 0.15) is 18.2 Å². The predicted octanol–water partition coefficient (Wildman–Crippen LogP) is -2.15. The van der Waals surface area contributed by atoms with E-state index in [1.807, 2.05) is 0 Å². The lowest BCUT2D eigenvalue weighted by molar-refractivity contribution is -0.117. The molecule has 3 aromatic rings. The fourth-order valence-corrected chi connectivity index (χ4v) is 4.01. The lowest BCUT2D eigenvalue weighted by atomic mass is 10.1. The van der Waals surface area contributed by atoms with Gasteiger partial charge < -0.3 is 35.8 Å². The van der Waals surface area contributed by atoms with Crippen molar-refractivity contribution < 1.29 is 29.6 Å². The van der Waals surface area contributed by atoms with Gasteiger partial charge in [-0.3, -0.25) is 9.36 Å². The SMILES string of the molecule is NC(=O)Cc1cnn(-c2nc(N[C@@H]3CCOC3)c3ncn([C@@H]4O[C@H](CO)[C@@H](O)[C@H]4O)c3n2)c1. The van der Waals surface area contributed by atoms with Crippen molar-refractivity contribution in [1.82, 2.24) is 29.3 Å². The molecule has 0 bridgehead atoms. The standard InChI is InChI=1S/C19H24N8O6/c20-12(29)3-9-4-22-27(5-9)19-24-16(23-10-1-2-32-7-10)13-17(25-19)26(8-21-13)18-15(31)14(30)11(6-28)33-18/h4-5,8,10-11,14-15,18,28,30-31H,1-3,6-7H2,(H2,20,29)(H,23,24,25)/t10-,11-,14-,15-,18-/m1/s1. The van der Waals surface area contributed by atoms with Crippen LogP contribution < -0.4 is 11.1 Å². The normalized spacial score (nSPS) is 27.4. The van der Waals surface area contributed by atoms with Crippen LogP contribution in [0.5, 0.6) is 0 Å². The quantitative estimate of drug-likeness (QED) is 0.258. The average molecular weight is 460 g/mol. The molecule has 5 rings (SSSR count). The number of carbonyl (C=O) groups is 1. The summed E-state index contributed by atoms with van der Waals surface area (Å²) in [4.78, 5) is 24.8. The van der Waals surface area contributed by atoms with Crippen molar-refractivity contribution in [2.24, 2.45) is 5.73 Å². The lowest BCUT2D eigenvalue weighted by Crippen LogP contribution is -2.33. The molecular formula is C19H24N8O6. The maximum absolute atomic E-state index is 11.2. The summed E-state index contributed by atoms with van der Waals surface area (Å²) in [5.41, 5.74) is 6.61. The number of amides is 1. The highest BCUT2D eigenvalue weighted by molar-refractivity contribution is 5.84. The van der Waals surface area contributed by atoms with Crippen LogP contribution in [0.4, 0.5) is 5.82 Å². The van der Waals surface area contributed by atoms with Crippen molar-refractivity contribution in [3.63, 3.8) is 0 Å². The van der Waals surface area contributed by atoms with Gasteiger partial charge in [-0.1, -0.05) is 0 Å². The van der Waals surface area contributed by atoms with Crippen molar-refractivity contribution >= 4 is 22.9 Å². The molecule has 2 aliphatic heterocycles. The number of anilines is 1. The summed E-state index contributed by atoms with van der Waals surface area (Å²) >= 11 is 0.